The van der Waals surface area contributed by atoms with Gasteiger partial charge in [-0.2, -0.15) is 13.2 Å². The van der Waals surface area contributed by atoms with Crippen LogP contribution in [0.15, 0.2) is 51.7 Å². The fourth-order valence-electron chi connectivity index (χ4n) is 2.29. The summed E-state index contributed by atoms with van der Waals surface area (Å²) < 4.78 is 43.7. The fourth-order valence-corrected chi connectivity index (χ4v) is 2.29. The van der Waals surface area contributed by atoms with Crippen LogP contribution in [0.4, 0.5) is 24.5 Å². The Morgan fingerprint density at radius 2 is 1.57 bits per heavy atom. The summed E-state index contributed by atoms with van der Waals surface area (Å²) in [6.45, 7) is 0. The van der Waals surface area contributed by atoms with E-state index in [1.807, 2.05) is 0 Å². The molecule has 0 saturated carbocycles. The van der Waals surface area contributed by atoms with E-state index >= 15 is 0 Å². The SMILES string of the molecule is Nc1cc(N)cc(-c2cc(=O)c3cc(C(F)(F)F)ccc3o2)c1. The minimum absolute atomic E-state index is 0.0569. The van der Waals surface area contributed by atoms with Crippen LogP contribution >= 0.6 is 0 Å². The number of halogens is 3. The van der Waals surface area contributed by atoms with Gasteiger partial charge >= 0.3 is 6.18 Å². The number of benzene rings is 2. The smallest absolute Gasteiger partial charge is 0.416 e. The molecule has 118 valence electrons. The summed E-state index contributed by atoms with van der Waals surface area (Å²) in [4.78, 5) is 12.1. The Morgan fingerprint density at radius 1 is 0.913 bits per heavy atom. The summed E-state index contributed by atoms with van der Waals surface area (Å²) in [6, 6.07) is 8.55. The molecule has 4 N–H and O–H groups in total. The molecule has 1 heterocycles. The lowest BCUT2D eigenvalue weighted by molar-refractivity contribution is -0.137. The number of anilines is 2. The second kappa shape index (κ2) is 5.05. The van der Waals surface area contributed by atoms with Crippen LogP contribution in [0.1, 0.15) is 5.56 Å². The van der Waals surface area contributed by atoms with Crippen molar-refractivity contribution >= 4 is 22.3 Å². The van der Waals surface area contributed by atoms with Crippen molar-refractivity contribution in [1.82, 2.24) is 0 Å². The minimum atomic E-state index is -4.53. The molecule has 0 radical (unpaired) electrons. The van der Waals surface area contributed by atoms with Gasteiger partial charge in [0.25, 0.3) is 0 Å². The maximum atomic E-state index is 12.7. The average Bonchev–Trinajstić information content (AvgIpc) is 2.44. The van der Waals surface area contributed by atoms with Gasteiger partial charge in [-0.15, -0.1) is 0 Å². The predicted octanol–water partition coefficient (Wildman–Crippen LogP) is 3.64. The van der Waals surface area contributed by atoms with E-state index in [0.717, 1.165) is 24.3 Å². The lowest BCUT2D eigenvalue weighted by Gasteiger charge is -2.08. The van der Waals surface area contributed by atoms with Gasteiger partial charge in [0, 0.05) is 23.0 Å². The topological polar surface area (TPSA) is 82.2 Å². The summed E-state index contributed by atoms with van der Waals surface area (Å²) in [6.07, 6.45) is -4.53. The van der Waals surface area contributed by atoms with Gasteiger partial charge < -0.3 is 15.9 Å². The second-order valence-corrected chi connectivity index (χ2v) is 5.07. The summed E-state index contributed by atoms with van der Waals surface area (Å²) in [5.41, 5.74) is 11.2. The highest BCUT2D eigenvalue weighted by Gasteiger charge is 2.30. The van der Waals surface area contributed by atoms with E-state index in [-0.39, 0.29) is 16.7 Å². The van der Waals surface area contributed by atoms with E-state index in [1.54, 1.807) is 12.1 Å². The Hall–Kier alpha value is -2.96. The molecule has 2 aromatic carbocycles. The summed E-state index contributed by atoms with van der Waals surface area (Å²) >= 11 is 0. The molecule has 0 fully saturated rings. The Morgan fingerprint density at radius 3 is 2.17 bits per heavy atom. The van der Waals surface area contributed by atoms with Gasteiger partial charge in [0.1, 0.15) is 11.3 Å². The van der Waals surface area contributed by atoms with Gasteiger partial charge in [-0.25, -0.2) is 0 Å². The molecule has 3 aromatic rings. The monoisotopic (exact) mass is 320 g/mol. The molecule has 0 saturated heterocycles. The van der Waals surface area contributed by atoms with Crippen LogP contribution in [0, 0.1) is 0 Å². The number of nitrogen functional groups attached to an aromatic ring is 2. The van der Waals surface area contributed by atoms with Gasteiger partial charge in [-0.05, 0) is 36.4 Å². The van der Waals surface area contributed by atoms with Crippen LogP contribution in [0.25, 0.3) is 22.3 Å². The predicted molar refractivity (Wildman–Crippen MR) is 81.7 cm³/mol. The fraction of sp³-hybridized carbons (Fsp3) is 0.0625. The molecule has 0 spiro atoms. The third kappa shape index (κ3) is 2.85. The van der Waals surface area contributed by atoms with E-state index in [2.05, 4.69) is 0 Å². The van der Waals surface area contributed by atoms with Gasteiger partial charge in [0.15, 0.2) is 5.43 Å². The first-order valence-electron chi connectivity index (χ1n) is 6.55. The summed E-state index contributed by atoms with van der Waals surface area (Å²) in [5, 5.41) is -0.138. The number of alkyl halides is 3. The van der Waals surface area contributed by atoms with Crippen LogP contribution in [0.3, 0.4) is 0 Å². The maximum Gasteiger partial charge on any atom is 0.416 e. The molecule has 0 bridgehead atoms. The molecule has 0 atom stereocenters. The van der Waals surface area contributed by atoms with Gasteiger partial charge in [-0.1, -0.05) is 0 Å². The van der Waals surface area contributed by atoms with Crippen LogP contribution in [-0.2, 0) is 6.18 Å². The van der Waals surface area contributed by atoms with Crippen LogP contribution in [-0.4, -0.2) is 0 Å². The highest BCUT2D eigenvalue weighted by Crippen LogP contribution is 2.32. The molecular formula is C16H11F3N2O2. The van der Waals surface area contributed by atoms with Crippen molar-refractivity contribution in [3.63, 3.8) is 0 Å². The van der Waals surface area contributed by atoms with Crippen molar-refractivity contribution in [2.24, 2.45) is 0 Å². The molecule has 0 aliphatic rings. The first-order valence-corrected chi connectivity index (χ1v) is 6.55. The highest BCUT2D eigenvalue weighted by molar-refractivity contribution is 5.80. The van der Waals surface area contributed by atoms with Crippen molar-refractivity contribution in [3.05, 3.63) is 58.3 Å². The van der Waals surface area contributed by atoms with Gasteiger partial charge in [0.2, 0.25) is 0 Å². The molecule has 1 aromatic heterocycles. The molecule has 7 heteroatoms. The quantitative estimate of drug-likeness (QED) is 0.671. The zero-order chi connectivity index (χ0) is 16.8. The lowest BCUT2D eigenvalue weighted by Crippen LogP contribution is -2.07. The summed E-state index contributed by atoms with van der Waals surface area (Å²) in [7, 11) is 0. The third-order valence-electron chi connectivity index (χ3n) is 3.32. The number of hydrogen-bond donors (Lipinski definition) is 2. The molecule has 0 aliphatic carbocycles. The van der Waals surface area contributed by atoms with E-state index in [9.17, 15) is 18.0 Å². The molecule has 23 heavy (non-hydrogen) atoms. The second-order valence-electron chi connectivity index (χ2n) is 5.07. The van der Waals surface area contributed by atoms with Crippen molar-refractivity contribution in [1.29, 1.82) is 0 Å². The molecule has 4 nitrogen and oxygen atoms in total. The average molecular weight is 320 g/mol. The van der Waals surface area contributed by atoms with Crippen molar-refractivity contribution < 1.29 is 17.6 Å². The van der Waals surface area contributed by atoms with Crippen LogP contribution in [0.5, 0.6) is 0 Å². The Kier molecular flexibility index (Phi) is 3.28. The zero-order valence-corrected chi connectivity index (χ0v) is 11.6. The molecule has 0 amide bonds. The van der Waals surface area contributed by atoms with E-state index in [0.29, 0.717) is 16.9 Å². The Bertz CT molecular complexity index is 941. The first kappa shape index (κ1) is 15.0. The standard InChI is InChI=1S/C16H11F3N2O2/c17-16(18,19)9-1-2-14-12(5-9)13(22)7-15(23-14)8-3-10(20)6-11(21)4-8/h1-7H,20-21H2. The van der Waals surface area contributed by atoms with Crippen molar-refractivity contribution in [2.75, 3.05) is 11.5 Å². The minimum Gasteiger partial charge on any atom is -0.456 e. The van der Waals surface area contributed by atoms with E-state index in [1.165, 1.54) is 6.07 Å². The van der Waals surface area contributed by atoms with Gasteiger partial charge in [0.05, 0.1) is 10.9 Å². The molecule has 0 unspecified atom stereocenters. The third-order valence-corrected chi connectivity index (χ3v) is 3.32. The first-order chi connectivity index (χ1) is 10.7. The van der Waals surface area contributed by atoms with Crippen molar-refractivity contribution in [2.45, 2.75) is 6.18 Å². The van der Waals surface area contributed by atoms with E-state index in [4.69, 9.17) is 15.9 Å². The number of nitrogens with two attached hydrogens (primary N) is 2. The number of hydrogen-bond acceptors (Lipinski definition) is 4. The van der Waals surface area contributed by atoms with E-state index < -0.39 is 17.2 Å². The molecule has 0 aliphatic heterocycles. The molecule has 3 rings (SSSR count). The Labute approximate surface area is 128 Å². The van der Waals surface area contributed by atoms with Crippen LogP contribution < -0.4 is 16.9 Å². The van der Waals surface area contributed by atoms with Crippen molar-refractivity contribution in [3.8, 4) is 11.3 Å². The Balaban J connectivity index is 2.21. The molecular weight excluding hydrogens is 309 g/mol. The largest absolute Gasteiger partial charge is 0.456 e. The summed E-state index contributed by atoms with van der Waals surface area (Å²) in [5.74, 6) is 0.182. The maximum absolute atomic E-state index is 12.7. The highest BCUT2D eigenvalue weighted by atomic mass is 19.4. The van der Waals surface area contributed by atoms with Gasteiger partial charge in [-0.3, -0.25) is 4.79 Å². The number of fused-ring (bicyclic) bond motifs is 1. The number of rotatable bonds is 1. The normalized spacial score (nSPS) is 11.8. The lowest BCUT2D eigenvalue weighted by atomic mass is 10.1. The zero-order valence-electron chi connectivity index (χ0n) is 11.6. The van der Waals surface area contributed by atoms with Crippen LogP contribution in [0.2, 0.25) is 0 Å².